The fraction of sp³-hybridized carbons (Fsp3) is 0.200. The molecule has 1 aliphatic rings. The molecular weight excluding hydrogens is 408 g/mol. The number of benzene rings is 2. The summed E-state index contributed by atoms with van der Waals surface area (Å²) >= 11 is 1.43. The van der Waals surface area contributed by atoms with E-state index in [0.717, 1.165) is 23.4 Å². The van der Waals surface area contributed by atoms with Gasteiger partial charge in [0, 0.05) is 10.6 Å². The van der Waals surface area contributed by atoms with Crippen LogP contribution in [0.5, 0.6) is 5.75 Å². The summed E-state index contributed by atoms with van der Waals surface area (Å²) in [4.78, 5) is 29.0. The van der Waals surface area contributed by atoms with E-state index < -0.39 is 0 Å². The highest BCUT2D eigenvalue weighted by atomic mass is 32.1. The maximum absolute atomic E-state index is 13.5. The van der Waals surface area contributed by atoms with Crippen LogP contribution < -0.4 is 15.0 Å². The Balaban J connectivity index is 1.75. The summed E-state index contributed by atoms with van der Waals surface area (Å²) in [6, 6.07) is 18.8. The second kappa shape index (κ2) is 9.18. The van der Waals surface area contributed by atoms with Crippen LogP contribution in [-0.2, 0) is 16.0 Å². The van der Waals surface area contributed by atoms with E-state index in [-0.39, 0.29) is 17.5 Å². The van der Waals surface area contributed by atoms with E-state index in [1.165, 1.54) is 21.8 Å². The fourth-order valence-corrected chi connectivity index (χ4v) is 4.23. The van der Waals surface area contributed by atoms with Gasteiger partial charge < -0.3 is 10.1 Å². The number of amides is 2. The second-order valence-electron chi connectivity index (χ2n) is 7.16. The molecule has 0 atom stereocenters. The maximum Gasteiger partial charge on any atom is 0.282 e. The van der Waals surface area contributed by atoms with E-state index in [1.54, 1.807) is 18.2 Å². The largest absolute Gasteiger partial charge is 0.491 e. The van der Waals surface area contributed by atoms with Gasteiger partial charge in [0.1, 0.15) is 11.4 Å². The van der Waals surface area contributed by atoms with Crippen molar-refractivity contribution in [1.29, 1.82) is 0 Å². The lowest BCUT2D eigenvalue weighted by Gasteiger charge is -2.19. The molecule has 0 aliphatic carbocycles. The number of carbonyl (C=O) groups is 2. The summed E-state index contributed by atoms with van der Waals surface area (Å²) in [5, 5.41) is 5.10. The highest BCUT2D eigenvalue weighted by Crippen LogP contribution is 2.39. The number of anilines is 2. The summed E-state index contributed by atoms with van der Waals surface area (Å²) in [6.45, 7) is 4.61. The van der Waals surface area contributed by atoms with Crippen molar-refractivity contribution in [2.45, 2.75) is 26.7 Å². The second-order valence-corrected chi connectivity index (χ2v) is 8.11. The molecule has 1 aliphatic heterocycles. The van der Waals surface area contributed by atoms with Crippen molar-refractivity contribution >= 4 is 40.1 Å². The van der Waals surface area contributed by atoms with E-state index in [9.17, 15) is 9.59 Å². The number of imide groups is 1. The molecule has 5 nitrogen and oxygen atoms in total. The molecule has 3 aromatic rings. The molecule has 0 spiro atoms. The van der Waals surface area contributed by atoms with Gasteiger partial charge in [-0.15, -0.1) is 11.3 Å². The molecule has 31 heavy (non-hydrogen) atoms. The van der Waals surface area contributed by atoms with E-state index in [1.807, 2.05) is 54.8 Å². The van der Waals surface area contributed by atoms with Crippen molar-refractivity contribution in [2.75, 3.05) is 16.8 Å². The van der Waals surface area contributed by atoms with Gasteiger partial charge in [-0.25, -0.2) is 4.90 Å². The molecule has 1 N–H and O–H groups in total. The molecule has 4 rings (SSSR count). The summed E-state index contributed by atoms with van der Waals surface area (Å²) in [6.07, 6.45) is 1.76. The number of rotatable bonds is 8. The topological polar surface area (TPSA) is 58.6 Å². The summed E-state index contributed by atoms with van der Waals surface area (Å²) in [7, 11) is 0. The zero-order chi connectivity index (χ0) is 21.8. The number of carbonyl (C=O) groups excluding carboxylic acids is 2. The Hall–Kier alpha value is -3.38. The van der Waals surface area contributed by atoms with Crippen LogP contribution in [0.2, 0.25) is 0 Å². The van der Waals surface area contributed by atoms with Gasteiger partial charge in [-0.2, -0.15) is 0 Å². The summed E-state index contributed by atoms with van der Waals surface area (Å²) < 4.78 is 5.82. The maximum atomic E-state index is 13.5. The molecule has 0 radical (unpaired) electrons. The van der Waals surface area contributed by atoms with Gasteiger partial charge in [0.25, 0.3) is 11.8 Å². The van der Waals surface area contributed by atoms with E-state index in [2.05, 4.69) is 12.2 Å². The van der Waals surface area contributed by atoms with Crippen molar-refractivity contribution in [2.24, 2.45) is 0 Å². The number of ether oxygens (including phenoxy) is 1. The molecule has 1 aromatic heterocycles. The Morgan fingerprint density at radius 1 is 0.935 bits per heavy atom. The number of hydrogen-bond acceptors (Lipinski definition) is 5. The van der Waals surface area contributed by atoms with Crippen LogP contribution >= 0.6 is 11.3 Å². The Morgan fingerprint density at radius 2 is 1.71 bits per heavy atom. The lowest BCUT2D eigenvalue weighted by Crippen LogP contribution is -2.32. The van der Waals surface area contributed by atoms with Gasteiger partial charge in [-0.3, -0.25) is 9.59 Å². The zero-order valence-corrected chi connectivity index (χ0v) is 18.4. The van der Waals surface area contributed by atoms with E-state index in [4.69, 9.17) is 4.74 Å². The van der Waals surface area contributed by atoms with Gasteiger partial charge in [0.05, 0.1) is 17.9 Å². The SMILES string of the molecule is CCCOc1ccccc1N1C(=O)C(Nc2ccc(CC)cc2)=C(c2cccs2)C1=O. The van der Waals surface area contributed by atoms with Gasteiger partial charge in [0.2, 0.25) is 0 Å². The smallest absolute Gasteiger partial charge is 0.282 e. The van der Waals surface area contributed by atoms with Crippen LogP contribution in [0.25, 0.3) is 5.57 Å². The molecule has 6 heteroatoms. The lowest BCUT2D eigenvalue weighted by molar-refractivity contribution is -0.120. The summed E-state index contributed by atoms with van der Waals surface area (Å²) in [5.74, 6) is -0.224. The standard InChI is InChI=1S/C25H24N2O3S/c1-3-15-30-20-9-6-5-8-19(20)27-24(28)22(21-10-7-16-31-21)23(25(27)29)26-18-13-11-17(4-2)12-14-18/h5-14,16,26H,3-4,15H2,1-2H3. The zero-order valence-electron chi connectivity index (χ0n) is 17.6. The molecular formula is C25H24N2O3S. The van der Waals surface area contributed by atoms with Crippen molar-refractivity contribution in [3.63, 3.8) is 0 Å². The van der Waals surface area contributed by atoms with E-state index in [0.29, 0.717) is 23.6 Å². The van der Waals surface area contributed by atoms with Crippen molar-refractivity contribution in [3.05, 3.63) is 82.2 Å². The number of para-hydroxylation sites is 2. The minimum atomic E-state index is -0.388. The molecule has 0 saturated carbocycles. The van der Waals surface area contributed by atoms with Gasteiger partial charge in [-0.05, 0) is 54.1 Å². The first-order valence-corrected chi connectivity index (χ1v) is 11.3. The minimum Gasteiger partial charge on any atom is -0.491 e. The van der Waals surface area contributed by atoms with Crippen LogP contribution in [0, 0.1) is 0 Å². The molecule has 158 valence electrons. The average molecular weight is 433 g/mol. The Bertz CT molecular complexity index is 1120. The first-order valence-electron chi connectivity index (χ1n) is 10.4. The predicted molar refractivity (Wildman–Crippen MR) is 125 cm³/mol. The van der Waals surface area contributed by atoms with Crippen LogP contribution in [-0.4, -0.2) is 18.4 Å². The predicted octanol–water partition coefficient (Wildman–Crippen LogP) is 5.50. The third-order valence-electron chi connectivity index (χ3n) is 5.05. The normalized spacial score (nSPS) is 13.8. The Morgan fingerprint density at radius 3 is 2.39 bits per heavy atom. The average Bonchev–Trinajstić information content (AvgIpc) is 3.40. The molecule has 0 bridgehead atoms. The third kappa shape index (κ3) is 4.11. The number of aryl methyl sites for hydroxylation is 1. The Labute approximate surface area is 186 Å². The number of hydrogen-bond donors (Lipinski definition) is 1. The van der Waals surface area contributed by atoms with Crippen molar-refractivity contribution in [1.82, 2.24) is 0 Å². The molecule has 0 fully saturated rings. The molecule has 0 saturated heterocycles. The van der Waals surface area contributed by atoms with Crippen LogP contribution in [0.3, 0.4) is 0 Å². The quantitative estimate of drug-likeness (QED) is 0.478. The Kier molecular flexibility index (Phi) is 6.18. The van der Waals surface area contributed by atoms with Crippen molar-refractivity contribution < 1.29 is 14.3 Å². The number of nitrogens with zero attached hydrogens (tertiary/aromatic N) is 1. The fourth-order valence-electron chi connectivity index (χ4n) is 3.46. The third-order valence-corrected chi connectivity index (χ3v) is 5.94. The van der Waals surface area contributed by atoms with Crippen LogP contribution in [0.15, 0.2) is 71.7 Å². The monoisotopic (exact) mass is 432 g/mol. The highest BCUT2D eigenvalue weighted by molar-refractivity contribution is 7.11. The molecule has 2 amide bonds. The molecule has 2 aromatic carbocycles. The first kappa shape index (κ1) is 20.9. The van der Waals surface area contributed by atoms with Gasteiger partial charge >= 0.3 is 0 Å². The molecule has 2 heterocycles. The first-order chi connectivity index (χ1) is 15.1. The van der Waals surface area contributed by atoms with Crippen LogP contribution in [0.1, 0.15) is 30.7 Å². The number of thiophene rings is 1. The van der Waals surface area contributed by atoms with Gasteiger partial charge in [0.15, 0.2) is 0 Å². The van der Waals surface area contributed by atoms with Crippen molar-refractivity contribution in [3.8, 4) is 5.75 Å². The minimum absolute atomic E-state index is 0.280. The summed E-state index contributed by atoms with van der Waals surface area (Å²) in [5.41, 5.74) is 3.08. The highest BCUT2D eigenvalue weighted by Gasteiger charge is 2.41. The van der Waals surface area contributed by atoms with E-state index >= 15 is 0 Å². The number of nitrogens with one attached hydrogen (secondary N) is 1. The van der Waals surface area contributed by atoms with Crippen LogP contribution in [0.4, 0.5) is 11.4 Å². The van der Waals surface area contributed by atoms with Gasteiger partial charge in [-0.1, -0.05) is 44.2 Å². The molecule has 0 unspecified atom stereocenters. The lowest BCUT2D eigenvalue weighted by atomic mass is 10.1.